The topological polar surface area (TPSA) is 100 Å². The molecule has 33 heavy (non-hydrogen) atoms. The van der Waals surface area contributed by atoms with E-state index in [1.165, 1.54) is 17.1 Å². The zero-order valence-electron chi connectivity index (χ0n) is 18.6. The van der Waals surface area contributed by atoms with E-state index in [4.69, 9.17) is 15.3 Å². The first kappa shape index (κ1) is 22.9. The van der Waals surface area contributed by atoms with Crippen molar-refractivity contribution in [3.05, 3.63) is 76.5 Å². The lowest BCUT2D eigenvalue weighted by Crippen LogP contribution is -2.71. The highest BCUT2D eigenvalue weighted by molar-refractivity contribution is 5.82. The number of hydrogen-bond acceptors (Lipinski definition) is 6. The number of benzene rings is 2. The van der Waals surface area contributed by atoms with E-state index in [0.29, 0.717) is 28.8 Å². The number of nitrogens with zero attached hydrogens (tertiary/aromatic N) is 2. The third kappa shape index (κ3) is 5.96. The summed E-state index contributed by atoms with van der Waals surface area (Å²) in [6.45, 7) is 4.84. The average Bonchev–Trinajstić information content (AvgIpc) is 2.80. The molecule has 0 saturated carbocycles. The average molecular weight is 455 g/mol. The van der Waals surface area contributed by atoms with Crippen molar-refractivity contribution in [1.82, 2.24) is 14.9 Å². The highest BCUT2D eigenvalue weighted by Gasteiger charge is 2.14. The van der Waals surface area contributed by atoms with Crippen LogP contribution >= 0.6 is 0 Å². The molecule has 174 valence electrons. The second-order valence-corrected chi connectivity index (χ2v) is 7.95. The maximum atomic E-state index is 13.7. The lowest BCUT2D eigenvalue weighted by Gasteiger charge is -2.26. The summed E-state index contributed by atoms with van der Waals surface area (Å²) in [5.74, 6) is 6.42. The van der Waals surface area contributed by atoms with Crippen molar-refractivity contribution >= 4 is 22.3 Å². The van der Waals surface area contributed by atoms with Crippen LogP contribution < -0.4 is 21.5 Å². The summed E-state index contributed by atoms with van der Waals surface area (Å²) in [7, 11) is 1.65. The van der Waals surface area contributed by atoms with Gasteiger partial charge in [0.1, 0.15) is 35.8 Å². The molecule has 0 radical (unpaired) electrons. The molecule has 1 aromatic heterocycles. The highest BCUT2D eigenvalue weighted by atomic mass is 19.1. The molecule has 2 heterocycles. The zero-order valence-corrected chi connectivity index (χ0v) is 18.6. The van der Waals surface area contributed by atoms with Crippen LogP contribution in [-0.2, 0) is 4.74 Å². The van der Waals surface area contributed by atoms with E-state index in [1.807, 2.05) is 29.6 Å². The summed E-state index contributed by atoms with van der Waals surface area (Å²) in [5, 5.41) is 3.82. The molecule has 5 N–H and O–H groups in total. The zero-order chi connectivity index (χ0) is 23.2. The number of morpholine rings is 1. The fraction of sp³-hybridized carbons (Fsp3) is 0.292. The van der Waals surface area contributed by atoms with Crippen LogP contribution in [0.4, 0.5) is 10.1 Å². The van der Waals surface area contributed by atoms with Crippen LogP contribution in [0.1, 0.15) is 5.56 Å². The first-order chi connectivity index (χ1) is 16.0. The monoisotopic (exact) mass is 454 g/mol. The standard InChI is InChI=1S/C24H28FN5O3/c1-29(26)23(21-14-17-13-18(25)5-6-22(17)28-24(21)31)16-27-19-3-2-4-20(15-19)33-12-9-30-7-10-32-11-8-30/h2-6,13-16,27H,7-12,26H2,1H3,(H,28,31)/p+1. The number of aromatic amines is 1. The molecule has 8 nitrogen and oxygen atoms in total. The number of quaternary nitrogens is 1. The third-order valence-corrected chi connectivity index (χ3v) is 5.53. The van der Waals surface area contributed by atoms with Gasteiger partial charge >= 0.3 is 0 Å². The van der Waals surface area contributed by atoms with E-state index in [0.717, 1.165) is 44.3 Å². The highest BCUT2D eigenvalue weighted by Crippen LogP contribution is 2.18. The van der Waals surface area contributed by atoms with Gasteiger partial charge in [-0.15, -0.1) is 0 Å². The Morgan fingerprint density at radius 2 is 2.09 bits per heavy atom. The summed E-state index contributed by atoms with van der Waals surface area (Å²) in [6.07, 6.45) is 1.77. The molecule has 0 atom stereocenters. The molecule has 1 aliphatic heterocycles. The molecule has 3 aromatic rings. The van der Waals surface area contributed by atoms with Crippen LogP contribution in [0.3, 0.4) is 0 Å². The molecule has 0 amide bonds. The quantitative estimate of drug-likeness (QED) is 0.270. The Kier molecular flexibility index (Phi) is 7.36. The SMILES string of the molecule is CN(N)C(=C[NH2+]c1cccc(OCCN2CCOCC2)c1)c1cc2cc(F)ccc2[nH]c1=O. The number of hydrogen-bond donors (Lipinski definition) is 3. The summed E-state index contributed by atoms with van der Waals surface area (Å²) in [5.41, 5.74) is 2.02. The van der Waals surface area contributed by atoms with Crippen molar-refractivity contribution in [3.8, 4) is 5.75 Å². The molecule has 1 saturated heterocycles. The number of halogens is 1. The minimum absolute atomic E-state index is 0.300. The number of nitrogens with two attached hydrogens (primary N) is 2. The lowest BCUT2D eigenvalue weighted by molar-refractivity contribution is -0.496. The summed E-state index contributed by atoms with van der Waals surface area (Å²) >= 11 is 0. The van der Waals surface area contributed by atoms with Crippen LogP contribution in [-0.4, -0.2) is 61.4 Å². The number of rotatable bonds is 8. The maximum Gasteiger partial charge on any atom is 0.258 e. The molecule has 1 fully saturated rings. The molecule has 0 bridgehead atoms. The largest absolute Gasteiger partial charge is 0.492 e. The third-order valence-electron chi connectivity index (χ3n) is 5.53. The number of ether oxygens (including phenoxy) is 2. The van der Waals surface area contributed by atoms with Crippen molar-refractivity contribution in [3.63, 3.8) is 0 Å². The Labute approximate surface area is 191 Å². The second-order valence-electron chi connectivity index (χ2n) is 7.95. The van der Waals surface area contributed by atoms with E-state index in [2.05, 4.69) is 9.88 Å². The number of fused-ring (bicyclic) bond motifs is 1. The van der Waals surface area contributed by atoms with Crippen molar-refractivity contribution in [2.24, 2.45) is 5.84 Å². The van der Waals surface area contributed by atoms with Crippen LogP contribution in [0.5, 0.6) is 5.75 Å². The van der Waals surface area contributed by atoms with Crippen LogP contribution in [0.15, 0.2) is 59.5 Å². The minimum atomic E-state index is -0.371. The number of aromatic nitrogens is 1. The van der Waals surface area contributed by atoms with Gasteiger partial charge in [0.05, 0.1) is 18.8 Å². The Bertz CT molecular complexity index is 1190. The molecule has 0 spiro atoms. The van der Waals surface area contributed by atoms with Gasteiger partial charge in [0.2, 0.25) is 0 Å². The molecular formula is C24H29FN5O3+. The van der Waals surface area contributed by atoms with Gasteiger partial charge in [-0.2, -0.15) is 0 Å². The molecule has 0 aliphatic carbocycles. The summed E-state index contributed by atoms with van der Waals surface area (Å²) < 4.78 is 24.9. The van der Waals surface area contributed by atoms with Gasteiger partial charge in [0, 0.05) is 43.7 Å². The molecule has 2 aromatic carbocycles. The summed E-state index contributed by atoms with van der Waals surface area (Å²) in [4.78, 5) is 17.8. The van der Waals surface area contributed by atoms with Gasteiger partial charge in [-0.25, -0.2) is 10.2 Å². The van der Waals surface area contributed by atoms with Gasteiger partial charge < -0.3 is 19.5 Å². The van der Waals surface area contributed by atoms with Crippen molar-refractivity contribution in [2.75, 3.05) is 46.5 Å². The predicted molar refractivity (Wildman–Crippen MR) is 125 cm³/mol. The predicted octanol–water partition coefficient (Wildman–Crippen LogP) is 1.38. The number of hydrazine groups is 1. The molecule has 9 heteroatoms. The smallest absolute Gasteiger partial charge is 0.258 e. The fourth-order valence-corrected chi connectivity index (χ4v) is 3.77. The maximum absolute atomic E-state index is 13.7. The van der Waals surface area contributed by atoms with E-state index in [1.54, 1.807) is 25.4 Å². The number of H-pyrrole nitrogens is 1. The van der Waals surface area contributed by atoms with Crippen molar-refractivity contribution in [2.45, 2.75) is 0 Å². The first-order valence-electron chi connectivity index (χ1n) is 10.9. The van der Waals surface area contributed by atoms with Gasteiger partial charge in [-0.3, -0.25) is 15.0 Å². The number of pyridine rings is 1. The van der Waals surface area contributed by atoms with Crippen LogP contribution in [0, 0.1) is 5.82 Å². The normalized spacial score (nSPS) is 15.1. The fourth-order valence-electron chi connectivity index (χ4n) is 3.77. The van der Waals surface area contributed by atoms with Crippen LogP contribution in [0.25, 0.3) is 16.6 Å². The number of nitrogens with one attached hydrogen (secondary N) is 1. The van der Waals surface area contributed by atoms with Crippen molar-refractivity contribution < 1.29 is 19.2 Å². The summed E-state index contributed by atoms with van der Waals surface area (Å²) in [6, 6.07) is 13.6. The van der Waals surface area contributed by atoms with Crippen molar-refractivity contribution in [1.29, 1.82) is 0 Å². The van der Waals surface area contributed by atoms with Crippen LogP contribution in [0.2, 0.25) is 0 Å². The van der Waals surface area contributed by atoms with E-state index >= 15 is 0 Å². The van der Waals surface area contributed by atoms with E-state index in [9.17, 15) is 9.18 Å². The van der Waals surface area contributed by atoms with Gasteiger partial charge in [0.25, 0.3) is 5.56 Å². The Morgan fingerprint density at radius 1 is 1.27 bits per heavy atom. The van der Waals surface area contributed by atoms with E-state index < -0.39 is 0 Å². The van der Waals surface area contributed by atoms with Gasteiger partial charge in [0.15, 0.2) is 0 Å². The molecule has 0 unspecified atom stereocenters. The minimum Gasteiger partial charge on any atom is -0.492 e. The first-order valence-corrected chi connectivity index (χ1v) is 10.9. The Balaban J connectivity index is 1.48. The van der Waals surface area contributed by atoms with Gasteiger partial charge in [-0.05, 0) is 36.4 Å². The molecule has 4 rings (SSSR count). The Morgan fingerprint density at radius 3 is 2.88 bits per heavy atom. The molecular weight excluding hydrogens is 425 g/mol. The Hall–Kier alpha value is -3.24. The second kappa shape index (κ2) is 10.6. The molecule has 1 aliphatic rings. The van der Waals surface area contributed by atoms with Gasteiger partial charge in [-0.1, -0.05) is 6.07 Å². The lowest BCUT2D eigenvalue weighted by atomic mass is 10.1. The van der Waals surface area contributed by atoms with E-state index in [-0.39, 0.29) is 11.4 Å².